The number of sulfonamides is 1. The number of sulfone groups is 1. The van der Waals surface area contributed by atoms with E-state index >= 15 is 0 Å². The van der Waals surface area contributed by atoms with Crippen LogP contribution in [0, 0.1) is 6.92 Å². The summed E-state index contributed by atoms with van der Waals surface area (Å²) < 4.78 is 53.9. The number of rotatable bonds is 17. The number of aliphatic carboxylic acids is 1. The van der Waals surface area contributed by atoms with Crippen molar-refractivity contribution in [1.82, 2.24) is 14.6 Å². The van der Waals surface area contributed by atoms with Crippen molar-refractivity contribution in [3.8, 4) is 11.1 Å². The summed E-state index contributed by atoms with van der Waals surface area (Å²) in [6.07, 6.45) is 4.26. The van der Waals surface area contributed by atoms with Crippen LogP contribution in [0.15, 0.2) is 65.8 Å². The smallest absolute Gasteiger partial charge is 0.303 e. The van der Waals surface area contributed by atoms with E-state index < -0.39 is 37.8 Å². The molecule has 244 valence electrons. The first-order valence-corrected chi connectivity index (χ1v) is 18.4. The first-order chi connectivity index (χ1) is 21.3. The normalized spacial score (nSPS) is 12.6. The molecule has 10 nitrogen and oxygen atoms in total. The number of aromatic nitrogens is 1. The van der Waals surface area contributed by atoms with E-state index in [1.54, 1.807) is 32.2 Å². The molecule has 1 amide bonds. The maximum Gasteiger partial charge on any atom is 0.303 e. The predicted molar refractivity (Wildman–Crippen MR) is 175 cm³/mol. The standard InChI is InChI=1S/C32H40ClN3O7S2/c1-4-25-22-34-16-15-28(25)27-10-5-9-26(21-27)24(3)36(45(42,43)30-12-6-11-29(33)23(30)2)18-7-13-31(37)35-17-20-44(40,41)19-8-14-32(38)39/h5-6,9-12,15-16,21-22,24H,4,7-8,13-14,17-20H2,1-3H3,(H,35,37)(H,38,39)/t24-/m0/s1. The minimum Gasteiger partial charge on any atom is -0.481 e. The third-order valence-corrected chi connectivity index (χ3v) is 11.8. The van der Waals surface area contributed by atoms with Gasteiger partial charge in [-0.3, -0.25) is 14.6 Å². The van der Waals surface area contributed by atoms with Crippen molar-refractivity contribution in [1.29, 1.82) is 0 Å². The van der Waals surface area contributed by atoms with E-state index in [9.17, 15) is 26.4 Å². The lowest BCUT2D eigenvalue weighted by Gasteiger charge is -2.30. The number of carboxylic acids is 1. The average molecular weight is 678 g/mol. The highest BCUT2D eigenvalue weighted by molar-refractivity contribution is 7.91. The topological polar surface area (TPSA) is 151 Å². The maximum atomic E-state index is 14.1. The van der Waals surface area contributed by atoms with E-state index in [0.717, 1.165) is 28.7 Å². The van der Waals surface area contributed by atoms with Gasteiger partial charge in [0.2, 0.25) is 15.9 Å². The Bertz CT molecular complexity index is 1710. The van der Waals surface area contributed by atoms with E-state index in [4.69, 9.17) is 16.7 Å². The maximum absolute atomic E-state index is 14.1. The molecule has 13 heteroatoms. The molecule has 2 aromatic carbocycles. The molecule has 0 bridgehead atoms. The van der Waals surface area contributed by atoms with Crippen molar-refractivity contribution in [3.05, 3.63) is 82.6 Å². The van der Waals surface area contributed by atoms with Gasteiger partial charge in [0.15, 0.2) is 9.84 Å². The van der Waals surface area contributed by atoms with E-state index in [2.05, 4.69) is 10.3 Å². The Balaban J connectivity index is 1.79. The van der Waals surface area contributed by atoms with Gasteiger partial charge in [-0.2, -0.15) is 4.31 Å². The molecule has 2 N–H and O–H groups in total. The number of nitrogens with one attached hydrogen (secondary N) is 1. The Morgan fingerprint density at radius 1 is 1.02 bits per heavy atom. The molecule has 0 saturated heterocycles. The van der Waals surface area contributed by atoms with Crippen LogP contribution in [-0.2, 0) is 35.9 Å². The average Bonchev–Trinajstić information content (AvgIpc) is 2.99. The number of carbonyl (C=O) groups is 2. The van der Waals surface area contributed by atoms with Gasteiger partial charge in [0, 0.05) is 49.4 Å². The molecule has 0 radical (unpaired) electrons. The van der Waals surface area contributed by atoms with Crippen LogP contribution in [0.5, 0.6) is 0 Å². The number of pyridine rings is 1. The van der Waals surface area contributed by atoms with Crippen LogP contribution in [0.4, 0.5) is 0 Å². The molecular weight excluding hydrogens is 638 g/mol. The molecule has 1 heterocycles. The molecule has 1 aromatic heterocycles. The SMILES string of the molecule is CCc1cnccc1-c1cccc([C@H](C)N(CCCC(=O)NCCS(=O)(=O)CCCC(=O)O)S(=O)(=O)c2cccc(Cl)c2C)c1. The molecule has 45 heavy (non-hydrogen) atoms. The summed E-state index contributed by atoms with van der Waals surface area (Å²) >= 11 is 6.30. The van der Waals surface area contributed by atoms with Gasteiger partial charge in [0.1, 0.15) is 0 Å². The lowest BCUT2D eigenvalue weighted by atomic mass is 9.97. The Morgan fingerprint density at radius 2 is 1.76 bits per heavy atom. The zero-order valence-electron chi connectivity index (χ0n) is 25.7. The molecule has 1 atom stereocenters. The highest BCUT2D eigenvalue weighted by Crippen LogP contribution is 2.33. The molecule has 0 saturated carbocycles. The van der Waals surface area contributed by atoms with Crippen molar-refractivity contribution < 1.29 is 31.5 Å². The van der Waals surface area contributed by atoms with Crippen LogP contribution in [0.3, 0.4) is 0 Å². The van der Waals surface area contributed by atoms with Crippen LogP contribution in [0.2, 0.25) is 5.02 Å². The molecule has 0 aliphatic rings. The molecule has 0 aliphatic heterocycles. The van der Waals surface area contributed by atoms with E-state index in [1.165, 1.54) is 10.4 Å². The third kappa shape index (κ3) is 10.1. The zero-order valence-corrected chi connectivity index (χ0v) is 28.1. The molecule has 0 aliphatic carbocycles. The van der Waals surface area contributed by atoms with Crippen LogP contribution >= 0.6 is 11.6 Å². The minimum atomic E-state index is -4.06. The molecule has 0 fully saturated rings. The quantitative estimate of drug-likeness (QED) is 0.198. The van der Waals surface area contributed by atoms with Crippen LogP contribution < -0.4 is 5.32 Å². The lowest BCUT2D eigenvalue weighted by molar-refractivity contribution is -0.137. The third-order valence-electron chi connectivity index (χ3n) is 7.56. The van der Waals surface area contributed by atoms with Gasteiger partial charge in [-0.25, -0.2) is 16.8 Å². The van der Waals surface area contributed by atoms with Gasteiger partial charge in [-0.15, -0.1) is 0 Å². The van der Waals surface area contributed by atoms with Crippen LogP contribution in [0.1, 0.15) is 62.3 Å². The summed E-state index contributed by atoms with van der Waals surface area (Å²) in [6, 6.07) is 13.8. The number of aryl methyl sites for hydroxylation is 1. The predicted octanol–water partition coefficient (Wildman–Crippen LogP) is 5.20. The zero-order chi connectivity index (χ0) is 33.2. The summed E-state index contributed by atoms with van der Waals surface area (Å²) in [4.78, 5) is 27.5. The highest BCUT2D eigenvalue weighted by Gasteiger charge is 2.31. The summed E-state index contributed by atoms with van der Waals surface area (Å²) in [7, 11) is -7.57. The second kappa shape index (κ2) is 16.3. The monoisotopic (exact) mass is 677 g/mol. The van der Waals surface area contributed by atoms with Gasteiger partial charge < -0.3 is 10.4 Å². The Hall–Kier alpha value is -3.32. The van der Waals surface area contributed by atoms with E-state index in [0.29, 0.717) is 10.6 Å². The van der Waals surface area contributed by atoms with E-state index in [1.807, 2.05) is 43.5 Å². The summed E-state index contributed by atoms with van der Waals surface area (Å²) in [5, 5.41) is 11.6. The summed E-state index contributed by atoms with van der Waals surface area (Å²) in [6.45, 7) is 5.41. The number of benzene rings is 2. The largest absolute Gasteiger partial charge is 0.481 e. The Labute approximate surface area is 270 Å². The van der Waals surface area contributed by atoms with Gasteiger partial charge in [0.05, 0.1) is 16.4 Å². The number of carbonyl (C=O) groups excluding carboxylic acids is 1. The molecular formula is C32H40ClN3O7S2. The number of nitrogens with zero attached hydrogens (tertiary/aromatic N) is 2. The van der Waals surface area contributed by atoms with Crippen LogP contribution in [-0.4, -0.2) is 67.7 Å². The van der Waals surface area contributed by atoms with Crippen molar-refractivity contribution >= 4 is 43.3 Å². The number of halogens is 1. The van der Waals surface area contributed by atoms with E-state index in [-0.39, 0.29) is 55.2 Å². The molecule has 3 aromatic rings. The second-order valence-corrected chi connectivity index (χ2v) is 15.3. The minimum absolute atomic E-state index is 0.00539. The summed E-state index contributed by atoms with van der Waals surface area (Å²) in [5.41, 5.74) is 4.22. The first kappa shape index (κ1) is 36.2. The number of carboxylic acid groups (broad SMARTS) is 1. The van der Waals surface area contributed by atoms with Gasteiger partial charge in [-0.05, 0) is 85.2 Å². The Kier molecular flexibility index (Phi) is 13.1. The van der Waals surface area contributed by atoms with Crippen molar-refractivity contribution in [2.45, 2.75) is 63.8 Å². The van der Waals surface area contributed by atoms with Gasteiger partial charge >= 0.3 is 5.97 Å². The number of amides is 1. The molecule has 0 spiro atoms. The number of hydrogen-bond acceptors (Lipinski definition) is 7. The first-order valence-electron chi connectivity index (χ1n) is 14.8. The second-order valence-electron chi connectivity index (χ2n) is 10.8. The fourth-order valence-corrected chi connectivity index (χ4v) is 8.35. The van der Waals surface area contributed by atoms with Gasteiger partial charge in [-0.1, -0.05) is 42.8 Å². The lowest BCUT2D eigenvalue weighted by Crippen LogP contribution is -2.36. The van der Waals surface area contributed by atoms with Gasteiger partial charge in [0.25, 0.3) is 0 Å². The molecule has 3 rings (SSSR count). The van der Waals surface area contributed by atoms with Crippen molar-refractivity contribution in [2.24, 2.45) is 0 Å². The summed E-state index contributed by atoms with van der Waals surface area (Å²) in [5.74, 6) is -2.06. The molecule has 0 unspecified atom stereocenters. The van der Waals surface area contributed by atoms with Crippen molar-refractivity contribution in [3.63, 3.8) is 0 Å². The fourth-order valence-electron chi connectivity index (χ4n) is 5.01. The van der Waals surface area contributed by atoms with Crippen LogP contribution in [0.25, 0.3) is 11.1 Å². The highest BCUT2D eigenvalue weighted by atomic mass is 35.5. The van der Waals surface area contributed by atoms with Crippen molar-refractivity contribution in [2.75, 3.05) is 24.6 Å². The number of hydrogen-bond donors (Lipinski definition) is 2. The fraction of sp³-hybridized carbons (Fsp3) is 0.406. The Morgan fingerprint density at radius 3 is 2.47 bits per heavy atom.